The maximum absolute atomic E-state index is 15.4. The van der Waals surface area contributed by atoms with Gasteiger partial charge < -0.3 is 33.2 Å². The normalized spacial score (nSPS) is 27.5. The van der Waals surface area contributed by atoms with Gasteiger partial charge in [0.25, 0.3) is 0 Å². The lowest BCUT2D eigenvalue weighted by Crippen LogP contribution is -2.59. The second-order valence-electron chi connectivity index (χ2n) is 16.4. The summed E-state index contributed by atoms with van der Waals surface area (Å²) in [6, 6.07) is 13.4. The minimum atomic E-state index is -2.48. The zero-order valence-electron chi connectivity index (χ0n) is 36.6. The van der Waals surface area contributed by atoms with Crippen molar-refractivity contribution in [2.24, 2.45) is 17.3 Å². The highest BCUT2D eigenvalue weighted by molar-refractivity contribution is 5.95. The molecule has 3 aromatic rings. The molecular weight excluding hydrogens is 833 g/mol. The maximum atomic E-state index is 15.4. The summed E-state index contributed by atoms with van der Waals surface area (Å²) in [5, 5.41) is 0. The number of carbonyl (C=O) groups is 8. The van der Waals surface area contributed by atoms with E-state index in [9.17, 15) is 33.6 Å². The Hall–Kier alpha value is -7.04. The third-order valence-electron chi connectivity index (χ3n) is 10.9. The van der Waals surface area contributed by atoms with Gasteiger partial charge in [-0.3, -0.25) is 33.9 Å². The van der Waals surface area contributed by atoms with E-state index in [1.54, 1.807) is 32.0 Å². The number of Topliss-reactive ketones (excluding diaryl/α,β-unsaturated/α-hetero) is 1. The van der Waals surface area contributed by atoms with Gasteiger partial charge in [0.1, 0.15) is 6.10 Å². The first-order valence-corrected chi connectivity index (χ1v) is 20.2. The number of carbonyl (C=O) groups excluding carboxylic acids is 8. The van der Waals surface area contributed by atoms with E-state index in [0.29, 0.717) is 0 Å². The summed E-state index contributed by atoms with van der Waals surface area (Å²) in [5.74, 6) is -10.7. The average molecular weight is 883 g/mol. The summed E-state index contributed by atoms with van der Waals surface area (Å²) in [4.78, 5) is 119. The standard InChI is InChI=1S/C47H50N2O15/c1-26-19-20-45(7,8)41(62-43(56)33-17-13-21-48-23-33)38(59-29(4)51)37(61-42(55)32-15-11-10-12-16-32)27(2)36(58-28(3)50)35-40(60-30(5)52)46(9,25-47(35,39(26)54)63-31(6)53)64-44(57)34-18-14-22-49-24-34/h10-24,26,35-38,40-41H,2,25H2,1,3-9H3. The van der Waals surface area contributed by atoms with Gasteiger partial charge in [0.2, 0.25) is 0 Å². The molecule has 2 heterocycles. The number of aromatic nitrogens is 2. The number of rotatable bonds is 10. The second-order valence-corrected chi connectivity index (χ2v) is 16.4. The van der Waals surface area contributed by atoms with E-state index in [1.165, 1.54) is 87.2 Å². The van der Waals surface area contributed by atoms with Crippen LogP contribution in [-0.2, 0) is 57.1 Å². The molecule has 2 aliphatic carbocycles. The smallest absolute Gasteiger partial charge is 0.340 e. The SMILES string of the molecule is C=C1C(OC(=O)c2ccccc2)C(OC(C)=O)C(OC(=O)c2cccnc2)C(C)(C)C=CC(C)C(=O)C2(OC(C)=O)CC(C)(OC(=O)c3cccnc3)C(OC(C)=O)C2C1OC(C)=O. The Kier molecular flexibility index (Phi) is 14.7. The van der Waals surface area contributed by atoms with E-state index < -0.39 is 119 Å². The molecule has 1 saturated carbocycles. The van der Waals surface area contributed by atoms with Gasteiger partial charge in [-0.15, -0.1) is 0 Å². The topological polar surface area (TPSA) is 227 Å². The highest BCUT2D eigenvalue weighted by atomic mass is 16.6. The number of hydrogen-bond donors (Lipinski definition) is 0. The Morgan fingerprint density at radius 2 is 1.17 bits per heavy atom. The van der Waals surface area contributed by atoms with Crippen LogP contribution in [0.4, 0.5) is 0 Å². The Labute approximate surface area is 369 Å². The number of benzene rings is 1. The molecule has 0 saturated heterocycles. The van der Waals surface area contributed by atoms with Gasteiger partial charge in [0.05, 0.1) is 22.6 Å². The third kappa shape index (κ3) is 10.6. The molecule has 338 valence electrons. The van der Waals surface area contributed by atoms with Gasteiger partial charge in [0.15, 0.2) is 41.4 Å². The number of nitrogens with zero attached hydrogens (tertiary/aromatic N) is 2. The molecule has 0 aliphatic heterocycles. The van der Waals surface area contributed by atoms with Crippen LogP contribution in [0.25, 0.3) is 0 Å². The molecule has 17 heteroatoms. The fourth-order valence-electron chi connectivity index (χ4n) is 8.23. The third-order valence-corrected chi connectivity index (χ3v) is 10.9. The fraction of sp³-hybridized carbons (Fsp3) is 0.404. The molecule has 9 unspecified atom stereocenters. The Morgan fingerprint density at radius 1 is 0.625 bits per heavy atom. The Balaban J connectivity index is 1.87. The maximum Gasteiger partial charge on any atom is 0.340 e. The van der Waals surface area contributed by atoms with Crippen LogP contribution in [0, 0.1) is 17.3 Å². The van der Waals surface area contributed by atoms with Gasteiger partial charge in [0, 0.05) is 75.8 Å². The van der Waals surface area contributed by atoms with E-state index in [-0.39, 0.29) is 16.7 Å². The van der Waals surface area contributed by atoms with Crippen molar-refractivity contribution < 1.29 is 71.5 Å². The van der Waals surface area contributed by atoms with Gasteiger partial charge in [-0.2, -0.15) is 0 Å². The van der Waals surface area contributed by atoms with Crippen LogP contribution in [0.5, 0.6) is 0 Å². The van der Waals surface area contributed by atoms with E-state index in [1.807, 2.05) is 0 Å². The lowest BCUT2D eigenvalue weighted by Gasteiger charge is -2.44. The van der Waals surface area contributed by atoms with E-state index in [4.69, 9.17) is 33.2 Å². The van der Waals surface area contributed by atoms with Crippen LogP contribution in [0.15, 0.2) is 104 Å². The van der Waals surface area contributed by atoms with Crippen molar-refractivity contribution in [2.75, 3.05) is 0 Å². The van der Waals surface area contributed by atoms with Crippen molar-refractivity contribution in [1.29, 1.82) is 0 Å². The van der Waals surface area contributed by atoms with E-state index >= 15 is 4.79 Å². The number of fused-ring (bicyclic) bond motifs is 1. The summed E-state index contributed by atoms with van der Waals surface area (Å²) < 4.78 is 42.5. The first kappa shape index (κ1) is 48.0. The number of ketones is 1. The van der Waals surface area contributed by atoms with Crippen LogP contribution in [0.2, 0.25) is 0 Å². The predicted octanol–water partition coefficient (Wildman–Crippen LogP) is 5.32. The molecule has 9 atom stereocenters. The Morgan fingerprint density at radius 3 is 1.70 bits per heavy atom. The lowest BCUT2D eigenvalue weighted by molar-refractivity contribution is -0.189. The van der Waals surface area contributed by atoms with Crippen molar-refractivity contribution in [3.8, 4) is 0 Å². The van der Waals surface area contributed by atoms with Crippen molar-refractivity contribution in [2.45, 2.75) is 104 Å². The van der Waals surface area contributed by atoms with Gasteiger partial charge in [-0.1, -0.05) is 57.7 Å². The van der Waals surface area contributed by atoms with Crippen LogP contribution < -0.4 is 0 Å². The number of allylic oxidation sites excluding steroid dienone is 1. The molecule has 2 aromatic heterocycles. The number of ether oxygens (including phenoxy) is 7. The van der Waals surface area contributed by atoms with Crippen molar-refractivity contribution >= 4 is 47.6 Å². The van der Waals surface area contributed by atoms with Crippen molar-refractivity contribution in [3.63, 3.8) is 0 Å². The van der Waals surface area contributed by atoms with Crippen molar-refractivity contribution in [1.82, 2.24) is 9.97 Å². The molecule has 64 heavy (non-hydrogen) atoms. The highest BCUT2D eigenvalue weighted by Gasteiger charge is 2.72. The molecule has 17 nitrogen and oxygen atoms in total. The lowest BCUT2D eigenvalue weighted by atomic mass is 9.72. The van der Waals surface area contributed by atoms with E-state index in [0.717, 1.165) is 27.7 Å². The summed E-state index contributed by atoms with van der Waals surface area (Å²) >= 11 is 0. The average Bonchev–Trinajstić information content (AvgIpc) is 3.47. The molecule has 1 fully saturated rings. The van der Waals surface area contributed by atoms with Gasteiger partial charge >= 0.3 is 41.8 Å². The van der Waals surface area contributed by atoms with Crippen LogP contribution >= 0.6 is 0 Å². The molecule has 5 rings (SSSR count). The Bertz CT molecular complexity index is 2310. The van der Waals surface area contributed by atoms with Gasteiger partial charge in [-0.05, 0) is 43.3 Å². The molecule has 0 amide bonds. The minimum Gasteiger partial charge on any atom is -0.458 e. The summed E-state index contributed by atoms with van der Waals surface area (Å²) in [5.41, 5.74) is -6.44. The minimum absolute atomic E-state index is 0.00176. The molecule has 0 bridgehead atoms. The van der Waals surface area contributed by atoms with Crippen molar-refractivity contribution in [3.05, 3.63) is 120 Å². The predicted molar refractivity (Wildman–Crippen MR) is 223 cm³/mol. The highest BCUT2D eigenvalue weighted by Crippen LogP contribution is 2.54. The first-order valence-electron chi connectivity index (χ1n) is 20.2. The quantitative estimate of drug-likeness (QED) is 0.143. The number of hydrogen-bond acceptors (Lipinski definition) is 17. The summed E-state index contributed by atoms with van der Waals surface area (Å²) in [6.45, 7) is 14.4. The monoisotopic (exact) mass is 882 g/mol. The molecule has 1 aromatic carbocycles. The number of pyridine rings is 2. The fourth-order valence-corrected chi connectivity index (χ4v) is 8.23. The largest absolute Gasteiger partial charge is 0.458 e. The first-order chi connectivity index (χ1) is 30.1. The van der Waals surface area contributed by atoms with Crippen LogP contribution in [-0.4, -0.2) is 99.3 Å². The zero-order chi connectivity index (χ0) is 47.1. The van der Waals surface area contributed by atoms with Crippen LogP contribution in [0.1, 0.15) is 92.9 Å². The molecule has 0 N–H and O–H groups in total. The number of esters is 7. The molecule has 2 aliphatic rings. The summed E-state index contributed by atoms with van der Waals surface area (Å²) in [6.07, 6.45) is -1.58. The molecule has 0 radical (unpaired) electrons. The van der Waals surface area contributed by atoms with Gasteiger partial charge in [-0.25, -0.2) is 14.4 Å². The zero-order valence-corrected chi connectivity index (χ0v) is 36.6. The molecule has 0 spiro atoms. The molecular formula is C47H50N2O15. The summed E-state index contributed by atoms with van der Waals surface area (Å²) in [7, 11) is 0. The second kappa shape index (κ2) is 19.6. The van der Waals surface area contributed by atoms with E-state index in [2.05, 4.69) is 16.5 Å². The van der Waals surface area contributed by atoms with Crippen LogP contribution in [0.3, 0.4) is 0 Å².